The van der Waals surface area contributed by atoms with E-state index in [4.69, 9.17) is 0 Å². The number of nitrogens with zero attached hydrogens (tertiary/aromatic N) is 1. The van der Waals surface area contributed by atoms with Gasteiger partial charge in [-0.3, -0.25) is 9.59 Å². The summed E-state index contributed by atoms with van der Waals surface area (Å²) in [7, 11) is 0. The zero-order chi connectivity index (χ0) is 12.1. The Labute approximate surface area is 102 Å². The van der Waals surface area contributed by atoms with Gasteiger partial charge in [-0.1, -0.05) is 30.3 Å². The lowest BCUT2D eigenvalue weighted by atomic mass is 10.1. The lowest BCUT2D eigenvalue weighted by Crippen LogP contribution is -2.29. The molecule has 0 saturated carbocycles. The number of Topliss-reactive ketones (excluding diaryl/α,β-unsaturated/α-hetero) is 1. The molecule has 0 atom stereocenters. The Balaban J connectivity index is 1.91. The molecule has 0 spiro atoms. The molecule has 1 N–H and O–H groups in total. The van der Waals surface area contributed by atoms with Gasteiger partial charge in [-0.15, -0.1) is 11.3 Å². The van der Waals surface area contributed by atoms with E-state index in [1.807, 2.05) is 6.07 Å². The van der Waals surface area contributed by atoms with Crippen molar-refractivity contribution in [1.82, 2.24) is 10.3 Å². The van der Waals surface area contributed by atoms with E-state index in [0.717, 1.165) is 0 Å². The molecule has 4 nitrogen and oxygen atoms in total. The number of thiazole rings is 1. The van der Waals surface area contributed by atoms with Crippen LogP contribution in [0, 0.1) is 0 Å². The highest BCUT2D eigenvalue weighted by Crippen LogP contribution is 2.01. The van der Waals surface area contributed by atoms with Gasteiger partial charge in [-0.2, -0.15) is 0 Å². The molecule has 0 bridgehead atoms. The van der Waals surface area contributed by atoms with Crippen LogP contribution in [-0.2, 0) is 0 Å². The predicted molar refractivity (Wildman–Crippen MR) is 65.2 cm³/mol. The highest BCUT2D eigenvalue weighted by molar-refractivity contribution is 7.07. The molecule has 1 aromatic carbocycles. The van der Waals surface area contributed by atoms with Crippen LogP contribution in [0.4, 0.5) is 0 Å². The smallest absolute Gasteiger partial charge is 0.271 e. The molecule has 2 rings (SSSR count). The van der Waals surface area contributed by atoms with E-state index in [9.17, 15) is 9.59 Å². The molecule has 17 heavy (non-hydrogen) atoms. The Kier molecular flexibility index (Phi) is 3.62. The minimum absolute atomic E-state index is 0.0135. The summed E-state index contributed by atoms with van der Waals surface area (Å²) >= 11 is 1.34. The molecule has 1 amide bonds. The Morgan fingerprint density at radius 2 is 2.00 bits per heavy atom. The van der Waals surface area contributed by atoms with Crippen LogP contribution in [0.25, 0.3) is 0 Å². The zero-order valence-corrected chi connectivity index (χ0v) is 9.74. The predicted octanol–water partition coefficient (Wildman–Crippen LogP) is 1.76. The number of rotatable bonds is 4. The van der Waals surface area contributed by atoms with Gasteiger partial charge in [-0.25, -0.2) is 4.98 Å². The van der Waals surface area contributed by atoms with E-state index >= 15 is 0 Å². The molecule has 5 heteroatoms. The Morgan fingerprint density at radius 3 is 2.65 bits per heavy atom. The molecule has 2 aromatic rings. The fourth-order valence-corrected chi connectivity index (χ4v) is 1.83. The van der Waals surface area contributed by atoms with Gasteiger partial charge in [0.25, 0.3) is 5.91 Å². The van der Waals surface area contributed by atoms with Crippen molar-refractivity contribution in [1.29, 1.82) is 0 Å². The molecule has 0 saturated heterocycles. The van der Waals surface area contributed by atoms with Crippen LogP contribution in [-0.4, -0.2) is 23.2 Å². The first-order valence-electron chi connectivity index (χ1n) is 5.02. The second-order valence-electron chi connectivity index (χ2n) is 3.35. The molecule has 0 aliphatic rings. The largest absolute Gasteiger partial charge is 0.343 e. The monoisotopic (exact) mass is 246 g/mol. The Hall–Kier alpha value is -2.01. The third kappa shape index (κ3) is 2.98. The van der Waals surface area contributed by atoms with Crippen LogP contribution >= 0.6 is 11.3 Å². The van der Waals surface area contributed by atoms with E-state index in [2.05, 4.69) is 10.3 Å². The third-order valence-electron chi connectivity index (χ3n) is 2.17. The van der Waals surface area contributed by atoms with E-state index in [1.165, 1.54) is 11.3 Å². The van der Waals surface area contributed by atoms with Crippen LogP contribution < -0.4 is 5.32 Å². The normalized spacial score (nSPS) is 9.88. The van der Waals surface area contributed by atoms with E-state index in [0.29, 0.717) is 11.3 Å². The molecular formula is C12H10N2O2S. The summed E-state index contributed by atoms with van der Waals surface area (Å²) in [6.07, 6.45) is 0. The number of hydrogen-bond donors (Lipinski definition) is 1. The maximum atomic E-state index is 11.7. The highest BCUT2D eigenvalue weighted by Gasteiger charge is 2.10. The summed E-state index contributed by atoms with van der Waals surface area (Å²) < 4.78 is 0. The van der Waals surface area contributed by atoms with Gasteiger partial charge < -0.3 is 5.32 Å². The average molecular weight is 246 g/mol. The molecule has 86 valence electrons. The van der Waals surface area contributed by atoms with Crippen molar-refractivity contribution in [3.63, 3.8) is 0 Å². The molecule has 0 fully saturated rings. The van der Waals surface area contributed by atoms with E-state index in [1.54, 1.807) is 35.2 Å². The molecule has 0 unspecified atom stereocenters. The summed E-state index contributed by atoms with van der Waals surface area (Å²) in [6.45, 7) is -0.0135. The Bertz CT molecular complexity index is 509. The van der Waals surface area contributed by atoms with Crippen LogP contribution in [0.1, 0.15) is 20.8 Å². The van der Waals surface area contributed by atoms with Gasteiger partial charge in [0.05, 0.1) is 12.1 Å². The lowest BCUT2D eigenvalue weighted by Gasteiger charge is -2.02. The number of aromatic nitrogens is 1. The fourth-order valence-electron chi connectivity index (χ4n) is 1.30. The topological polar surface area (TPSA) is 59.1 Å². The third-order valence-corrected chi connectivity index (χ3v) is 2.76. The molecule has 0 radical (unpaired) electrons. The van der Waals surface area contributed by atoms with Crippen molar-refractivity contribution >= 4 is 23.0 Å². The first kappa shape index (κ1) is 11.5. The average Bonchev–Trinajstić information content (AvgIpc) is 2.90. The van der Waals surface area contributed by atoms with Crippen molar-refractivity contribution in [3.8, 4) is 0 Å². The molecule has 0 aliphatic carbocycles. The minimum Gasteiger partial charge on any atom is -0.343 e. The van der Waals surface area contributed by atoms with Gasteiger partial charge >= 0.3 is 0 Å². The van der Waals surface area contributed by atoms with Crippen molar-refractivity contribution < 1.29 is 9.59 Å². The van der Waals surface area contributed by atoms with E-state index < -0.39 is 0 Å². The summed E-state index contributed by atoms with van der Waals surface area (Å²) in [5, 5.41) is 4.18. The van der Waals surface area contributed by atoms with Crippen molar-refractivity contribution in [3.05, 3.63) is 52.5 Å². The van der Waals surface area contributed by atoms with Crippen LogP contribution in [0.3, 0.4) is 0 Å². The fraction of sp³-hybridized carbons (Fsp3) is 0.0833. The number of hydrogen-bond acceptors (Lipinski definition) is 4. The first-order valence-corrected chi connectivity index (χ1v) is 5.96. The maximum Gasteiger partial charge on any atom is 0.271 e. The minimum atomic E-state index is -0.324. The number of ketones is 1. The van der Waals surface area contributed by atoms with Crippen LogP contribution in [0.2, 0.25) is 0 Å². The Morgan fingerprint density at radius 1 is 1.24 bits per heavy atom. The molecular weight excluding hydrogens is 236 g/mol. The zero-order valence-electron chi connectivity index (χ0n) is 8.92. The number of carbonyl (C=O) groups is 2. The number of amides is 1. The van der Waals surface area contributed by atoms with Gasteiger partial charge in [0.1, 0.15) is 5.69 Å². The second-order valence-corrected chi connectivity index (χ2v) is 4.06. The standard InChI is InChI=1S/C12H10N2O2S/c15-11(9-4-2-1-3-5-9)6-13-12(16)10-7-17-8-14-10/h1-5,7-8H,6H2,(H,13,16). The molecule has 0 aliphatic heterocycles. The number of benzene rings is 1. The van der Waals surface area contributed by atoms with Crippen molar-refractivity contribution in [2.24, 2.45) is 0 Å². The van der Waals surface area contributed by atoms with Gasteiger partial charge in [0.2, 0.25) is 0 Å². The lowest BCUT2D eigenvalue weighted by molar-refractivity contribution is 0.0901. The van der Waals surface area contributed by atoms with Crippen molar-refractivity contribution in [2.75, 3.05) is 6.54 Å². The van der Waals surface area contributed by atoms with Crippen LogP contribution in [0.5, 0.6) is 0 Å². The molecule has 1 aromatic heterocycles. The number of carbonyl (C=O) groups excluding carboxylic acids is 2. The van der Waals surface area contributed by atoms with Gasteiger partial charge in [0.15, 0.2) is 5.78 Å². The van der Waals surface area contributed by atoms with Gasteiger partial charge in [-0.05, 0) is 0 Å². The van der Waals surface area contributed by atoms with Crippen LogP contribution in [0.15, 0.2) is 41.2 Å². The number of nitrogens with one attached hydrogen (secondary N) is 1. The van der Waals surface area contributed by atoms with Crippen molar-refractivity contribution in [2.45, 2.75) is 0 Å². The van der Waals surface area contributed by atoms with E-state index in [-0.39, 0.29) is 18.2 Å². The summed E-state index contributed by atoms with van der Waals surface area (Å²) in [4.78, 5) is 27.1. The quantitative estimate of drug-likeness (QED) is 0.836. The highest BCUT2D eigenvalue weighted by atomic mass is 32.1. The maximum absolute atomic E-state index is 11.7. The summed E-state index contributed by atoms with van der Waals surface area (Å²) in [6, 6.07) is 8.85. The summed E-state index contributed by atoms with van der Waals surface area (Å²) in [5.74, 6) is -0.440. The molecule has 1 heterocycles. The first-order chi connectivity index (χ1) is 8.27. The second kappa shape index (κ2) is 5.36. The van der Waals surface area contributed by atoms with Gasteiger partial charge in [0, 0.05) is 10.9 Å². The SMILES string of the molecule is O=C(CNC(=O)c1cscn1)c1ccccc1. The summed E-state index contributed by atoms with van der Waals surface area (Å²) in [5.41, 5.74) is 2.51.